The van der Waals surface area contributed by atoms with E-state index >= 15 is 0 Å². The highest BCUT2D eigenvalue weighted by atomic mass is 16.5. The number of amides is 1. The van der Waals surface area contributed by atoms with Gasteiger partial charge in [0, 0.05) is 6.20 Å². The largest absolute Gasteiger partial charge is 0.493 e. The topological polar surface area (TPSA) is 122 Å². The van der Waals surface area contributed by atoms with Crippen LogP contribution in [-0.4, -0.2) is 34.1 Å². The molecule has 10 heteroatoms. The van der Waals surface area contributed by atoms with Crippen LogP contribution >= 0.6 is 0 Å². The van der Waals surface area contributed by atoms with Crippen molar-refractivity contribution in [3.05, 3.63) is 95.7 Å². The summed E-state index contributed by atoms with van der Waals surface area (Å²) in [5, 5.41) is 7.15. The number of para-hydroxylation sites is 1. The lowest BCUT2D eigenvalue weighted by Crippen LogP contribution is -2.20. The molecule has 5 rings (SSSR count). The molecule has 1 unspecified atom stereocenters. The molecule has 0 aliphatic rings. The molecule has 3 aromatic heterocycles. The predicted molar refractivity (Wildman–Crippen MR) is 142 cm³/mol. The number of benzene rings is 2. The Morgan fingerprint density at radius 2 is 1.95 bits per heavy atom. The number of anilines is 1. The van der Waals surface area contributed by atoms with Crippen LogP contribution in [0.4, 0.5) is 5.82 Å². The Bertz CT molecular complexity index is 1590. The van der Waals surface area contributed by atoms with E-state index in [4.69, 9.17) is 18.3 Å². The van der Waals surface area contributed by atoms with E-state index in [1.165, 1.54) is 7.11 Å². The van der Waals surface area contributed by atoms with Crippen molar-refractivity contribution in [2.45, 2.75) is 26.4 Å². The van der Waals surface area contributed by atoms with Gasteiger partial charge in [0.05, 0.1) is 30.5 Å². The van der Waals surface area contributed by atoms with E-state index in [2.05, 4.69) is 15.4 Å². The van der Waals surface area contributed by atoms with Crippen LogP contribution in [-0.2, 0) is 11.4 Å². The van der Waals surface area contributed by atoms with Gasteiger partial charge in [-0.2, -0.15) is 0 Å². The second kappa shape index (κ2) is 11.1. The van der Waals surface area contributed by atoms with Crippen LogP contribution in [0, 0.1) is 6.92 Å². The van der Waals surface area contributed by atoms with Crippen LogP contribution in [0.15, 0.2) is 82.0 Å². The zero-order valence-electron chi connectivity index (χ0n) is 21.6. The zero-order chi connectivity index (χ0) is 27.4. The minimum atomic E-state index is -0.567. The van der Waals surface area contributed by atoms with Crippen LogP contribution < -0.4 is 14.8 Å². The number of carbonyl (C=O) groups is 2. The second-order valence-corrected chi connectivity index (χ2v) is 8.74. The van der Waals surface area contributed by atoms with Crippen LogP contribution in [0.5, 0.6) is 11.5 Å². The molecule has 1 N–H and O–H groups in total. The summed E-state index contributed by atoms with van der Waals surface area (Å²) in [6, 6.07) is 18.1. The highest BCUT2D eigenvalue weighted by molar-refractivity contribution is 5.98. The predicted octanol–water partition coefficient (Wildman–Crippen LogP) is 5.57. The molecule has 1 atom stereocenters. The smallest absolute Gasteiger partial charge is 0.263 e. The zero-order valence-corrected chi connectivity index (χ0v) is 21.6. The molecule has 39 heavy (non-hydrogen) atoms. The number of methoxy groups -OCH3 is 1. The highest BCUT2D eigenvalue weighted by Crippen LogP contribution is 2.33. The summed E-state index contributed by atoms with van der Waals surface area (Å²) in [6.07, 6.45) is 3.79. The van der Waals surface area contributed by atoms with Crippen molar-refractivity contribution in [1.82, 2.24) is 14.8 Å². The summed E-state index contributed by atoms with van der Waals surface area (Å²) in [6.45, 7) is 3.71. The van der Waals surface area contributed by atoms with Gasteiger partial charge in [-0.25, -0.2) is 9.67 Å². The number of oxazole rings is 1. The third-order valence-electron chi connectivity index (χ3n) is 6.20. The molecule has 198 valence electrons. The molecule has 0 aliphatic heterocycles. The fraction of sp³-hybridized carbons (Fsp3) is 0.172. The van der Waals surface area contributed by atoms with Crippen molar-refractivity contribution in [2.75, 3.05) is 12.4 Å². The van der Waals surface area contributed by atoms with Gasteiger partial charge in [0.25, 0.3) is 5.89 Å². The summed E-state index contributed by atoms with van der Waals surface area (Å²) in [5.74, 6) is 1.78. The second-order valence-electron chi connectivity index (χ2n) is 8.74. The number of hydrogen-bond acceptors (Lipinski definition) is 8. The van der Waals surface area contributed by atoms with Gasteiger partial charge >= 0.3 is 0 Å². The average Bonchev–Trinajstić information content (AvgIpc) is 3.72. The fourth-order valence-electron chi connectivity index (χ4n) is 3.95. The van der Waals surface area contributed by atoms with Gasteiger partial charge in [-0.15, -0.1) is 5.10 Å². The minimum Gasteiger partial charge on any atom is -0.493 e. The molecule has 0 bridgehead atoms. The summed E-state index contributed by atoms with van der Waals surface area (Å²) >= 11 is 0. The Balaban J connectivity index is 1.28. The van der Waals surface area contributed by atoms with E-state index in [9.17, 15) is 9.59 Å². The Morgan fingerprint density at radius 1 is 1.13 bits per heavy atom. The Kier molecular flexibility index (Phi) is 7.26. The van der Waals surface area contributed by atoms with Gasteiger partial charge in [0.2, 0.25) is 5.91 Å². The number of ether oxygens (including phenoxy) is 2. The van der Waals surface area contributed by atoms with E-state index in [0.29, 0.717) is 46.5 Å². The van der Waals surface area contributed by atoms with Gasteiger partial charge in [0.1, 0.15) is 18.1 Å². The molecule has 1 amide bonds. The summed E-state index contributed by atoms with van der Waals surface area (Å²) < 4.78 is 24.1. The minimum absolute atomic E-state index is 0.153. The lowest BCUT2D eigenvalue weighted by Gasteiger charge is -2.15. The summed E-state index contributed by atoms with van der Waals surface area (Å²) in [4.78, 5) is 29.2. The van der Waals surface area contributed by atoms with Gasteiger partial charge in [-0.3, -0.25) is 9.59 Å². The monoisotopic (exact) mass is 526 g/mol. The maximum absolute atomic E-state index is 13.1. The Morgan fingerprint density at radius 3 is 2.67 bits per heavy atom. The van der Waals surface area contributed by atoms with Crippen molar-refractivity contribution >= 4 is 18.0 Å². The number of nitrogens with zero attached hydrogens (tertiary/aromatic N) is 3. The molecule has 0 spiro atoms. The van der Waals surface area contributed by atoms with Crippen molar-refractivity contribution < 1.29 is 27.9 Å². The lowest BCUT2D eigenvalue weighted by molar-refractivity contribution is -0.117. The molecular formula is C29H26N4O6. The number of aldehydes is 1. The molecule has 10 nitrogen and oxygen atoms in total. The molecule has 3 heterocycles. The molecule has 0 radical (unpaired) electrons. The third-order valence-corrected chi connectivity index (χ3v) is 6.20. The van der Waals surface area contributed by atoms with Crippen LogP contribution in [0.2, 0.25) is 0 Å². The maximum atomic E-state index is 13.1. The number of rotatable bonds is 10. The van der Waals surface area contributed by atoms with Gasteiger partial charge in [-0.05, 0) is 55.8 Å². The van der Waals surface area contributed by atoms with Crippen molar-refractivity contribution in [3.63, 3.8) is 0 Å². The first-order valence-corrected chi connectivity index (χ1v) is 12.2. The quantitative estimate of drug-likeness (QED) is 0.234. The van der Waals surface area contributed by atoms with E-state index in [-0.39, 0.29) is 23.9 Å². The maximum Gasteiger partial charge on any atom is 0.263 e. The van der Waals surface area contributed by atoms with Crippen molar-refractivity contribution in [1.29, 1.82) is 0 Å². The molecular weight excluding hydrogens is 500 g/mol. The lowest BCUT2D eigenvalue weighted by atomic mass is 9.99. The van der Waals surface area contributed by atoms with Crippen molar-refractivity contribution in [3.8, 4) is 28.8 Å². The average molecular weight is 527 g/mol. The van der Waals surface area contributed by atoms with E-state index in [1.54, 1.807) is 61.3 Å². The Hall–Kier alpha value is -5.12. The number of furan rings is 1. The highest BCUT2D eigenvalue weighted by Gasteiger charge is 2.21. The number of aromatic nitrogens is 3. The van der Waals surface area contributed by atoms with Gasteiger partial charge in [-0.1, -0.05) is 24.3 Å². The van der Waals surface area contributed by atoms with E-state index in [0.717, 1.165) is 5.69 Å². The number of hydrogen-bond donors (Lipinski definition) is 1. The first-order valence-electron chi connectivity index (χ1n) is 12.2. The summed E-state index contributed by atoms with van der Waals surface area (Å²) in [5.41, 5.74) is 2.37. The van der Waals surface area contributed by atoms with E-state index < -0.39 is 5.92 Å². The first-order chi connectivity index (χ1) is 19.0. The number of aryl methyl sites for hydroxylation is 1. The molecule has 0 aliphatic carbocycles. The van der Waals surface area contributed by atoms with Crippen LogP contribution in [0.3, 0.4) is 0 Å². The molecule has 2 aromatic carbocycles. The van der Waals surface area contributed by atoms with Gasteiger partial charge < -0.3 is 23.6 Å². The van der Waals surface area contributed by atoms with Crippen LogP contribution in [0.1, 0.15) is 40.2 Å². The number of carbonyl (C=O) groups excluding carboxylic acids is 2. The van der Waals surface area contributed by atoms with E-state index in [1.807, 2.05) is 30.3 Å². The summed E-state index contributed by atoms with van der Waals surface area (Å²) in [7, 11) is 1.53. The van der Waals surface area contributed by atoms with Crippen molar-refractivity contribution in [2.24, 2.45) is 0 Å². The normalized spacial score (nSPS) is 11.7. The van der Waals surface area contributed by atoms with Gasteiger partial charge in [0.15, 0.2) is 29.4 Å². The van der Waals surface area contributed by atoms with Crippen LogP contribution in [0.25, 0.3) is 17.3 Å². The molecule has 0 fully saturated rings. The molecule has 0 saturated heterocycles. The fourth-order valence-corrected chi connectivity index (χ4v) is 3.95. The SMILES string of the molecule is COc1cc(C(C)C(=O)Nc2nn(-c3ccccc3)cc2C=O)ccc1OCc1nc(-c2ccco2)oc1C. The molecule has 0 saturated carbocycles. The number of nitrogens with one attached hydrogen (secondary N) is 1. The Labute approximate surface area is 224 Å². The third kappa shape index (κ3) is 5.45. The standard InChI is InChI=1S/C29H26N4O6/c1-18(28(35)31-27-21(16-34)15-33(32-27)22-8-5-4-6-9-22)20-11-12-24(26(14-20)36-3)38-17-23-19(2)39-29(30-23)25-10-7-13-37-25/h4-16,18H,17H2,1-3H3,(H,31,32,35). The molecule has 5 aromatic rings. The first kappa shape index (κ1) is 25.5.